The molecular weight excluding hydrogens is 258 g/mol. The van der Waals surface area contributed by atoms with E-state index in [9.17, 15) is 0 Å². The predicted molar refractivity (Wildman–Crippen MR) is 90.0 cm³/mol. The predicted octanol–water partition coefficient (Wildman–Crippen LogP) is 4.79. The van der Waals surface area contributed by atoms with Crippen molar-refractivity contribution in [3.05, 3.63) is 28.8 Å². The summed E-state index contributed by atoms with van der Waals surface area (Å²) >= 11 is 0. The summed E-state index contributed by atoms with van der Waals surface area (Å²) < 4.78 is 5.45. The number of benzene rings is 1. The van der Waals surface area contributed by atoms with Crippen LogP contribution in [0.25, 0.3) is 0 Å². The molecule has 1 aromatic carbocycles. The number of ether oxygens (including phenoxy) is 1. The second-order valence-corrected chi connectivity index (χ2v) is 6.63. The molecule has 0 spiro atoms. The first-order chi connectivity index (χ1) is 10.1. The number of methoxy groups -OCH3 is 1. The molecule has 1 aromatic rings. The largest absolute Gasteiger partial charge is 0.496 e. The SMILES string of the molecule is CCC1CCC(C(NC)c2cc(C)c(OC)cc2C)CC1. The van der Waals surface area contributed by atoms with Crippen molar-refractivity contribution < 1.29 is 4.74 Å². The van der Waals surface area contributed by atoms with Crippen LogP contribution in [0, 0.1) is 25.7 Å². The van der Waals surface area contributed by atoms with Gasteiger partial charge in [0.2, 0.25) is 0 Å². The summed E-state index contributed by atoms with van der Waals surface area (Å²) in [5, 5.41) is 3.59. The number of hydrogen-bond acceptors (Lipinski definition) is 2. The Morgan fingerprint density at radius 3 is 2.33 bits per heavy atom. The topological polar surface area (TPSA) is 21.3 Å². The Morgan fingerprint density at radius 1 is 1.14 bits per heavy atom. The Labute approximate surface area is 130 Å². The highest BCUT2D eigenvalue weighted by Gasteiger charge is 2.28. The lowest BCUT2D eigenvalue weighted by Crippen LogP contribution is -2.29. The van der Waals surface area contributed by atoms with Gasteiger partial charge in [0.15, 0.2) is 0 Å². The van der Waals surface area contributed by atoms with Crippen molar-refractivity contribution in [2.45, 2.75) is 58.9 Å². The van der Waals surface area contributed by atoms with Gasteiger partial charge in [-0.15, -0.1) is 0 Å². The summed E-state index contributed by atoms with van der Waals surface area (Å²) in [6.45, 7) is 6.68. The minimum Gasteiger partial charge on any atom is -0.496 e. The van der Waals surface area contributed by atoms with Crippen LogP contribution in [-0.4, -0.2) is 14.2 Å². The van der Waals surface area contributed by atoms with Crippen molar-refractivity contribution in [2.75, 3.05) is 14.2 Å². The summed E-state index contributed by atoms with van der Waals surface area (Å²) in [4.78, 5) is 0. The lowest BCUT2D eigenvalue weighted by molar-refractivity contribution is 0.224. The van der Waals surface area contributed by atoms with Gasteiger partial charge in [0, 0.05) is 6.04 Å². The molecule has 1 fully saturated rings. The van der Waals surface area contributed by atoms with Gasteiger partial charge >= 0.3 is 0 Å². The third-order valence-electron chi connectivity index (χ3n) is 5.37. The minimum atomic E-state index is 0.479. The van der Waals surface area contributed by atoms with Gasteiger partial charge < -0.3 is 10.1 Å². The van der Waals surface area contributed by atoms with E-state index in [1.807, 2.05) is 0 Å². The molecule has 1 aliphatic carbocycles. The average Bonchev–Trinajstić information content (AvgIpc) is 2.51. The van der Waals surface area contributed by atoms with Crippen LogP contribution >= 0.6 is 0 Å². The smallest absolute Gasteiger partial charge is 0.122 e. The Bertz CT molecular complexity index is 461. The van der Waals surface area contributed by atoms with E-state index in [1.54, 1.807) is 7.11 Å². The quantitative estimate of drug-likeness (QED) is 0.841. The standard InChI is InChI=1S/C19H31NO/c1-6-15-7-9-16(10-8-15)19(20-4)17-11-14(3)18(21-5)12-13(17)2/h11-12,15-16,19-20H,6-10H2,1-5H3. The van der Waals surface area contributed by atoms with Crippen LogP contribution in [0.4, 0.5) is 0 Å². The number of aryl methyl sites for hydroxylation is 2. The lowest BCUT2D eigenvalue weighted by Gasteiger charge is -2.34. The summed E-state index contributed by atoms with van der Waals surface area (Å²) in [7, 11) is 3.86. The van der Waals surface area contributed by atoms with Crippen molar-refractivity contribution in [1.29, 1.82) is 0 Å². The first-order valence-corrected chi connectivity index (χ1v) is 8.43. The Morgan fingerprint density at radius 2 is 1.81 bits per heavy atom. The first-order valence-electron chi connectivity index (χ1n) is 8.43. The van der Waals surface area contributed by atoms with Gasteiger partial charge in [0.25, 0.3) is 0 Å². The van der Waals surface area contributed by atoms with Gasteiger partial charge in [-0.05, 0) is 68.3 Å². The molecule has 0 heterocycles. The zero-order chi connectivity index (χ0) is 15.4. The summed E-state index contributed by atoms with van der Waals surface area (Å²) in [5.41, 5.74) is 4.03. The van der Waals surface area contributed by atoms with E-state index in [2.05, 4.69) is 45.3 Å². The fourth-order valence-corrected chi connectivity index (χ4v) is 3.94. The van der Waals surface area contributed by atoms with E-state index < -0.39 is 0 Å². The summed E-state index contributed by atoms with van der Waals surface area (Å²) in [6.07, 6.45) is 6.85. The zero-order valence-electron chi connectivity index (χ0n) is 14.3. The average molecular weight is 289 g/mol. The fourth-order valence-electron chi connectivity index (χ4n) is 3.94. The van der Waals surface area contributed by atoms with E-state index in [0.29, 0.717) is 6.04 Å². The van der Waals surface area contributed by atoms with E-state index in [-0.39, 0.29) is 0 Å². The monoisotopic (exact) mass is 289 g/mol. The van der Waals surface area contributed by atoms with Gasteiger partial charge in [0.05, 0.1) is 7.11 Å². The molecule has 1 aliphatic rings. The second-order valence-electron chi connectivity index (χ2n) is 6.63. The molecule has 1 saturated carbocycles. The maximum atomic E-state index is 5.45. The van der Waals surface area contributed by atoms with Crippen LogP contribution in [0.5, 0.6) is 5.75 Å². The van der Waals surface area contributed by atoms with Crippen LogP contribution in [0.1, 0.15) is 61.8 Å². The Kier molecular flexibility index (Phi) is 5.69. The Balaban J connectivity index is 2.20. The Hall–Kier alpha value is -1.02. The maximum absolute atomic E-state index is 5.45. The van der Waals surface area contributed by atoms with Crippen molar-refractivity contribution in [2.24, 2.45) is 11.8 Å². The fraction of sp³-hybridized carbons (Fsp3) is 0.684. The highest BCUT2D eigenvalue weighted by Crippen LogP contribution is 2.39. The molecule has 2 rings (SSSR count). The number of rotatable bonds is 5. The molecule has 0 aliphatic heterocycles. The normalized spacial score (nSPS) is 23.9. The highest BCUT2D eigenvalue weighted by molar-refractivity contribution is 5.43. The van der Waals surface area contributed by atoms with Crippen LogP contribution in [-0.2, 0) is 0 Å². The summed E-state index contributed by atoms with van der Waals surface area (Å²) in [6, 6.07) is 4.99. The maximum Gasteiger partial charge on any atom is 0.122 e. The molecule has 118 valence electrons. The molecule has 21 heavy (non-hydrogen) atoms. The molecule has 0 bridgehead atoms. The van der Waals surface area contributed by atoms with E-state index >= 15 is 0 Å². The van der Waals surface area contributed by atoms with Gasteiger partial charge in [-0.1, -0.05) is 32.3 Å². The van der Waals surface area contributed by atoms with E-state index in [0.717, 1.165) is 17.6 Å². The molecular formula is C19H31NO. The molecule has 2 nitrogen and oxygen atoms in total. The molecule has 1 atom stereocenters. The third-order valence-corrected chi connectivity index (χ3v) is 5.37. The van der Waals surface area contributed by atoms with Gasteiger partial charge in [-0.3, -0.25) is 0 Å². The van der Waals surface area contributed by atoms with E-state index in [4.69, 9.17) is 4.74 Å². The molecule has 2 heteroatoms. The van der Waals surface area contributed by atoms with E-state index in [1.165, 1.54) is 48.8 Å². The van der Waals surface area contributed by atoms with Gasteiger partial charge in [-0.25, -0.2) is 0 Å². The first kappa shape index (κ1) is 16.4. The number of hydrogen-bond donors (Lipinski definition) is 1. The minimum absolute atomic E-state index is 0.479. The molecule has 1 N–H and O–H groups in total. The van der Waals surface area contributed by atoms with Crippen LogP contribution < -0.4 is 10.1 Å². The lowest BCUT2D eigenvalue weighted by atomic mass is 9.75. The molecule has 0 saturated heterocycles. The van der Waals surface area contributed by atoms with Crippen molar-refractivity contribution in [3.63, 3.8) is 0 Å². The highest BCUT2D eigenvalue weighted by atomic mass is 16.5. The molecule has 0 aromatic heterocycles. The van der Waals surface area contributed by atoms with Crippen LogP contribution in [0.15, 0.2) is 12.1 Å². The van der Waals surface area contributed by atoms with Crippen molar-refractivity contribution >= 4 is 0 Å². The molecule has 0 amide bonds. The van der Waals surface area contributed by atoms with Crippen molar-refractivity contribution in [3.8, 4) is 5.75 Å². The van der Waals surface area contributed by atoms with Crippen LogP contribution in [0.3, 0.4) is 0 Å². The van der Waals surface area contributed by atoms with Gasteiger partial charge in [-0.2, -0.15) is 0 Å². The summed E-state index contributed by atoms with van der Waals surface area (Å²) in [5.74, 6) is 2.72. The zero-order valence-corrected chi connectivity index (χ0v) is 14.3. The third kappa shape index (κ3) is 3.60. The van der Waals surface area contributed by atoms with Crippen LogP contribution in [0.2, 0.25) is 0 Å². The second kappa shape index (κ2) is 7.31. The van der Waals surface area contributed by atoms with Crippen molar-refractivity contribution in [1.82, 2.24) is 5.32 Å². The van der Waals surface area contributed by atoms with Gasteiger partial charge in [0.1, 0.15) is 5.75 Å². The molecule has 0 radical (unpaired) electrons. The number of nitrogens with one attached hydrogen (secondary N) is 1. The molecule has 1 unspecified atom stereocenters.